The Labute approximate surface area is 604 Å². The molecule has 0 radical (unpaired) electrons. The highest BCUT2D eigenvalue weighted by Crippen LogP contribution is 2.23. The maximum Gasteiger partial charge on any atom is 0.245 e. The van der Waals surface area contributed by atoms with Crippen molar-refractivity contribution in [3.63, 3.8) is 0 Å². The van der Waals surface area contributed by atoms with Gasteiger partial charge in [0.1, 0.15) is 66.2 Å². The molecule has 550 valence electrons. The highest BCUT2D eigenvalue weighted by Gasteiger charge is 2.40. The number of amides is 11. The van der Waals surface area contributed by atoms with E-state index < -0.39 is 132 Å². The van der Waals surface area contributed by atoms with Crippen LogP contribution in [0.1, 0.15) is 108 Å². The fourth-order valence-electron chi connectivity index (χ4n) is 11.9. The van der Waals surface area contributed by atoms with Crippen LogP contribution in [0.3, 0.4) is 0 Å². The molecule has 1 saturated heterocycles. The van der Waals surface area contributed by atoms with Crippen molar-refractivity contribution in [3.05, 3.63) is 173 Å². The van der Waals surface area contributed by atoms with Crippen molar-refractivity contribution in [1.29, 1.82) is 0 Å². The highest BCUT2D eigenvalue weighted by molar-refractivity contribution is 6.30. The van der Waals surface area contributed by atoms with E-state index in [4.69, 9.17) is 17.3 Å². The summed E-state index contributed by atoms with van der Waals surface area (Å²) in [7, 11) is 0. The number of rotatable bonds is 38. The third-order valence-electron chi connectivity index (χ3n) is 17.4. The van der Waals surface area contributed by atoms with E-state index in [9.17, 15) is 58.2 Å². The monoisotopic (exact) mass is 1430 g/mol. The zero-order valence-corrected chi connectivity index (χ0v) is 59.5. The minimum absolute atomic E-state index is 0.0404. The van der Waals surface area contributed by atoms with Gasteiger partial charge in [-0.25, -0.2) is 0 Å². The average molecular weight is 1440 g/mol. The normalized spacial score (nSPS) is 15.4. The number of aromatic hydroxyl groups is 1. The van der Waals surface area contributed by atoms with Crippen LogP contribution in [0.5, 0.6) is 5.75 Å². The number of benzene rings is 4. The molecule has 0 aliphatic carbocycles. The van der Waals surface area contributed by atoms with Crippen LogP contribution in [-0.2, 0) is 84.8 Å². The van der Waals surface area contributed by atoms with Gasteiger partial charge in [-0.05, 0) is 133 Å². The summed E-state index contributed by atoms with van der Waals surface area (Å²) in [6.07, 6.45) is 7.20. The molecule has 14 N–H and O–H groups in total. The van der Waals surface area contributed by atoms with Gasteiger partial charge in [-0.2, -0.15) is 0 Å². The van der Waals surface area contributed by atoms with Gasteiger partial charge in [0, 0.05) is 81.4 Å². The molecular formula is C75H95ClN14O13. The Morgan fingerprint density at radius 3 is 1.48 bits per heavy atom. The van der Waals surface area contributed by atoms with Gasteiger partial charge in [0.05, 0.1) is 6.61 Å². The number of phenolic OH excluding ortho intramolecular Hbond substituents is 1. The molecule has 1 aliphatic heterocycles. The number of carbonyl (C=O) groups excluding carboxylic acids is 11. The molecule has 7 rings (SSSR count). The number of halogens is 1. The average Bonchev–Trinajstić information content (AvgIpc) is 1.79. The molecule has 2 aromatic heterocycles. The molecule has 11 amide bonds. The van der Waals surface area contributed by atoms with Gasteiger partial charge >= 0.3 is 0 Å². The Morgan fingerprint density at radius 1 is 0.524 bits per heavy atom. The fourth-order valence-corrected chi connectivity index (χ4v) is 12.1. The second-order valence-electron chi connectivity index (χ2n) is 26.6. The number of hydrogen-bond donors (Lipinski definition) is 13. The largest absolute Gasteiger partial charge is 0.508 e. The number of fused-ring (bicyclic) bond motifs is 1. The molecule has 4 aromatic carbocycles. The van der Waals surface area contributed by atoms with E-state index in [1.807, 2.05) is 70.2 Å². The summed E-state index contributed by atoms with van der Waals surface area (Å²) in [5, 5.41) is 51.2. The number of pyridine rings is 2. The standard InChI is InChI=1S/C75H95ClN14O13/c1-44(2)34-58(67(95)83-57(18-9-10-32-80-45(3)4)75(103)90-33-13-19-65(90)74(102)81-46(5)66(77)94)84-71(99)62(39-51-14-11-30-78-41-51)86-70(98)61(37-49-23-28-56(93)29-24-49)88-73(101)64(43-91)89-72(100)63(40-52-15-12-31-79-42-52)87-69(97)60(36-48-21-26-55(76)27-22-48)85-68(96)59(82-47(6)92)38-50-20-25-53-16-7-8-17-54(53)35-50/h7-8,11-12,14-17,20-31,35,41-42,44-46,57-65,80,91,93H,9-10,13,18-19,32-34,36-40,43H2,1-6H3,(H2,77,94)(H,81,102)(H,82,92)(H,83,95)(H,84,99)(H,85,96)(H,86,98)(H,87,97)(H,88,101)(H,89,100)/t46-,57+,58+,59-,60-,61+,62-,63-,64+,65+/m1/s1. The predicted octanol–water partition coefficient (Wildman–Crippen LogP) is 2.59. The minimum atomic E-state index is -1.81. The second kappa shape index (κ2) is 39.7. The van der Waals surface area contributed by atoms with Crippen LogP contribution < -0.4 is 58.9 Å². The molecule has 0 saturated carbocycles. The first-order chi connectivity index (χ1) is 49.2. The Morgan fingerprint density at radius 2 is 0.981 bits per heavy atom. The number of nitrogens with two attached hydrogens (primary N) is 1. The van der Waals surface area contributed by atoms with Crippen molar-refractivity contribution in [2.75, 3.05) is 19.7 Å². The van der Waals surface area contributed by atoms with Crippen LogP contribution in [0.4, 0.5) is 0 Å². The molecule has 1 fully saturated rings. The molecular weight excluding hydrogens is 1340 g/mol. The Bertz CT molecular complexity index is 3870. The van der Waals surface area contributed by atoms with Crippen molar-refractivity contribution in [1.82, 2.24) is 68.0 Å². The molecule has 27 nitrogen and oxygen atoms in total. The summed E-state index contributed by atoms with van der Waals surface area (Å²) < 4.78 is 0. The maximum atomic E-state index is 15.0. The smallest absolute Gasteiger partial charge is 0.245 e. The lowest BCUT2D eigenvalue weighted by Gasteiger charge is -2.31. The zero-order valence-electron chi connectivity index (χ0n) is 58.8. The summed E-state index contributed by atoms with van der Waals surface area (Å²) in [6, 6.07) is 18.7. The van der Waals surface area contributed by atoms with Crippen molar-refractivity contribution in [3.8, 4) is 5.75 Å². The second-order valence-corrected chi connectivity index (χ2v) is 27.1. The highest BCUT2D eigenvalue weighted by atomic mass is 35.5. The number of aliphatic hydroxyl groups is 1. The summed E-state index contributed by atoms with van der Waals surface area (Å²) in [5.74, 6) is -8.89. The zero-order chi connectivity index (χ0) is 74.7. The van der Waals surface area contributed by atoms with Crippen molar-refractivity contribution >= 4 is 87.4 Å². The molecule has 103 heavy (non-hydrogen) atoms. The van der Waals surface area contributed by atoms with Crippen molar-refractivity contribution in [2.45, 2.75) is 179 Å². The van der Waals surface area contributed by atoms with Gasteiger partial charge in [-0.1, -0.05) is 118 Å². The molecule has 3 heterocycles. The van der Waals surface area contributed by atoms with Gasteiger partial charge in [-0.15, -0.1) is 0 Å². The Kier molecular flexibility index (Phi) is 30.8. The maximum absolute atomic E-state index is 15.0. The number of aliphatic hydroxyl groups excluding tert-OH is 1. The van der Waals surface area contributed by atoms with E-state index in [1.165, 1.54) is 67.8 Å². The molecule has 28 heteroatoms. The lowest BCUT2D eigenvalue weighted by Crippen LogP contribution is -2.62. The summed E-state index contributed by atoms with van der Waals surface area (Å²) >= 11 is 6.24. The van der Waals surface area contributed by atoms with Gasteiger partial charge < -0.3 is 74.0 Å². The Balaban J connectivity index is 1.13. The van der Waals surface area contributed by atoms with E-state index >= 15 is 4.79 Å². The third kappa shape index (κ3) is 25.6. The van der Waals surface area contributed by atoms with Crippen LogP contribution in [0.2, 0.25) is 5.02 Å². The van der Waals surface area contributed by atoms with Gasteiger partial charge in [0.15, 0.2) is 0 Å². The molecule has 1 aliphatic rings. The lowest BCUT2D eigenvalue weighted by molar-refractivity contribution is -0.142. The Hall–Kier alpha value is -10.4. The molecule has 0 spiro atoms. The van der Waals surface area contributed by atoms with Crippen molar-refractivity contribution in [2.24, 2.45) is 11.7 Å². The number of aromatic nitrogens is 2. The number of likely N-dealkylation sites (tertiary alicyclic amines) is 1. The molecule has 10 atom stereocenters. The molecule has 0 bridgehead atoms. The lowest BCUT2D eigenvalue weighted by atomic mass is 9.99. The van der Waals surface area contributed by atoms with Gasteiger partial charge in [-0.3, -0.25) is 62.7 Å². The first-order valence-electron chi connectivity index (χ1n) is 34.7. The fraction of sp³-hybridized carbons (Fsp3) is 0.427. The van der Waals surface area contributed by atoms with E-state index in [0.717, 1.165) is 10.8 Å². The van der Waals surface area contributed by atoms with Crippen molar-refractivity contribution < 1.29 is 63.0 Å². The predicted molar refractivity (Wildman–Crippen MR) is 387 cm³/mol. The van der Waals surface area contributed by atoms with Crippen LogP contribution in [0.25, 0.3) is 10.8 Å². The van der Waals surface area contributed by atoms with Crippen LogP contribution in [0.15, 0.2) is 140 Å². The quantitative estimate of drug-likeness (QED) is 0.0248. The third-order valence-corrected chi connectivity index (χ3v) is 17.7. The van der Waals surface area contributed by atoms with Crippen LogP contribution in [-0.4, -0.2) is 176 Å². The molecule has 6 aromatic rings. The van der Waals surface area contributed by atoms with Crippen LogP contribution >= 0.6 is 11.6 Å². The molecule has 0 unspecified atom stereocenters. The summed E-state index contributed by atoms with van der Waals surface area (Å²) in [6.45, 7) is 10.1. The number of primary amides is 1. The number of phenols is 1. The SMILES string of the molecule is CC(=O)N[C@H](Cc1ccc2ccccc2c1)C(=O)N[C@H](Cc1ccc(Cl)cc1)C(=O)N[C@H](Cc1cccnc1)C(=O)N[C@@H](CO)C(=O)N[C@@H](Cc1ccc(O)cc1)C(=O)N[C@H](Cc1cccnc1)C(=O)N[C@@H](CC(C)C)C(=O)N[C@@H](CCCCNC(C)C)C(=O)N1CCC[C@H]1C(=O)N[C@H](C)C(N)=O. The van der Waals surface area contributed by atoms with Crippen LogP contribution in [0, 0.1) is 5.92 Å². The number of nitrogens with zero attached hydrogens (tertiary/aromatic N) is 3. The van der Waals surface area contributed by atoms with E-state index in [-0.39, 0.29) is 69.2 Å². The van der Waals surface area contributed by atoms with Gasteiger partial charge in [0.2, 0.25) is 65.0 Å². The summed E-state index contributed by atoms with van der Waals surface area (Å²) in [4.78, 5) is 166. The number of carbonyl (C=O) groups is 11. The van der Waals surface area contributed by atoms with E-state index in [2.05, 4.69) is 63.1 Å². The van der Waals surface area contributed by atoms with E-state index in [0.29, 0.717) is 65.1 Å². The first kappa shape index (κ1) is 79.9. The topological polar surface area (TPSA) is 404 Å². The van der Waals surface area contributed by atoms with Gasteiger partial charge in [0.25, 0.3) is 0 Å². The first-order valence-corrected chi connectivity index (χ1v) is 35.0. The minimum Gasteiger partial charge on any atom is -0.508 e. The number of hydrogen-bond acceptors (Lipinski definition) is 16. The number of unbranched alkanes of at least 4 members (excludes halogenated alkanes) is 1. The summed E-state index contributed by atoms with van der Waals surface area (Å²) in [5.41, 5.74) is 8.04. The van der Waals surface area contributed by atoms with E-state index in [1.54, 1.807) is 48.5 Å². The number of nitrogens with one attached hydrogen (secondary N) is 10.